The number of aryl methyl sites for hydroxylation is 1. The molecule has 0 radical (unpaired) electrons. The SMILES string of the molecule is Cc1nc2cc(C3Cc4ccccc4CN3C)nn2c(Cl)c1C. The largest absolute Gasteiger partial charge is 0.293 e. The Hall–Kier alpha value is -1.91. The van der Waals surface area contributed by atoms with Gasteiger partial charge in [0.15, 0.2) is 5.65 Å². The van der Waals surface area contributed by atoms with E-state index in [2.05, 4.69) is 47.3 Å². The first-order valence-electron chi connectivity index (χ1n) is 7.84. The van der Waals surface area contributed by atoms with E-state index in [9.17, 15) is 0 Å². The molecular weight excluding hydrogens is 308 g/mol. The van der Waals surface area contributed by atoms with Gasteiger partial charge in [-0.1, -0.05) is 35.9 Å². The molecule has 4 nitrogen and oxygen atoms in total. The van der Waals surface area contributed by atoms with Crippen LogP contribution in [0.4, 0.5) is 0 Å². The minimum Gasteiger partial charge on any atom is -0.293 e. The first-order valence-corrected chi connectivity index (χ1v) is 8.22. The van der Waals surface area contributed by atoms with Gasteiger partial charge in [0, 0.05) is 23.9 Å². The number of hydrogen-bond donors (Lipinski definition) is 0. The molecule has 118 valence electrons. The Morgan fingerprint density at radius 1 is 1.17 bits per heavy atom. The highest BCUT2D eigenvalue weighted by atomic mass is 35.5. The number of benzene rings is 1. The number of rotatable bonds is 1. The Bertz CT molecular complexity index is 899. The molecule has 23 heavy (non-hydrogen) atoms. The average Bonchev–Trinajstić information content (AvgIpc) is 2.96. The molecule has 1 aromatic carbocycles. The molecule has 1 aliphatic heterocycles. The fraction of sp³-hybridized carbons (Fsp3) is 0.333. The third-order valence-electron chi connectivity index (χ3n) is 4.85. The van der Waals surface area contributed by atoms with Gasteiger partial charge < -0.3 is 0 Å². The molecule has 1 unspecified atom stereocenters. The second-order valence-electron chi connectivity index (χ2n) is 6.36. The highest BCUT2D eigenvalue weighted by Gasteiger charge is 2.27. The van der Waals surface area contributed by atoms with Gasteiger partial charge in [-0.15, -0.1) is 0 Å². The second-order valence-corrected chi connectivity index (χ2v) is 6.71. The fourth-order valence-electron chi connectivity index (χ4n) is 3.32. The Labute approximate surface area is 140 Å². The van der Waals surface area contributed by atoms with E-state index in [1.165, 1.54) is 11.1 Å². The van der Waals surface area contributed by atoms with Crippen LogP contribution < -0.4 is 0 Å². The van der Waals surface area contributed by atoms with E-state index < -0.39 is 0 Å². The summed E-state index contributed by atoms with van der Waals surface area (Å²) < 4.78 is 1.76. The first kappa shape index (κ1) is 14.7. The van der Waals surface area contributed by atoms with Crippen LogP contribution in [0.5, 0.6) is 0 Å². The van der Waals surface area contributed by atoms with Crippen molar-refractivity contribution < 1.29 is 0 Å². The minimum atomic E-state index is 0.253. The molecule has 5 heteroatoms. The number of halogens is 1. The molecule has 0 N–H and O–H groups in total. The number of aromatic nitrogens is 3. The number of hydrogen-bond acceptors (Lipinski definition) is 3. The lowest BCUT2D eigenvalue weighted by Gasteiger charge is -2.32. The molecule has 0 fully saturated rings. The molecule has 0 amide bonds. The zero-order chi connectivity index (χ0) is 16.1. The normalized spacial score (nSPS) is 18.3. The van der Waals surface area contributed by atoms with Crippen LogP contribution in [0.15, 0.2) is 30.3 Å². The Morgan fingerprint density at radius 2 is 1.91 bits per heavy atom. The molecule has 1 aliphatic rings. The molecule has 0 saturated heterocycles. The molecule has 0 saturated carbocycles. The maximum Gasteiger partial charge on any atom is 0.157 e. The summed E-state index contributed by atoms with van der Waals surface area (Å²) in [5.74, 6) is 0. The molecule has 0 aliphatic carbocycles. The van der Waals surface area contributed by atoms with Crippen LogP contribution in [0.2, 0.25) is 5.15 Å². The lowest BCUT2D eigenvalue weighted by Crippen LogP contribution is -2.31. The quantitative estimate of drug-likeness (QED) is 0.639. The van der Waals surface area contributed by atoms with Crippen LogP contribution in [0.3, 0.4) is 0 Å². The number of nitrogens with zero attached hydrogens (tertiary/aromatic N) is 4. The summed E-state index contributed by atoms with van der Waals surface area (Å²) in [6.07, 6.45) is 0.964. The molecule has 4 rings (SSSR count). The van der Waals surface area contributed by atoms with E-state index in [4.69, 9.17) is 16.7 Å². The van der Waals surface area contributed by atoms with E-state index in [1.54, 1.807) is 4.52 Å². The van der Waals surface area contributed by atoms with E-state index >= 15 is 0 Å². The van der Waals surface area contributed by atoms with Crippen molar-refractivity contribution in [3.8, 4) is 0 Å². The van der Waals surface area contributed by atoms with Crippen LogP contribution in [0.1, 0.15) is 34.1 Å². The predicted molar refractivity (Wildman–Crippen MR) is 91.8 cm³/mol. The van der Waals surface area contributed by atoms with Crippen LogP contribution in [-0.2, 0) is 13.0 Å². The van der Waals surface area contributed by atoms with Gasteiger partial charge in [-0.25, -0.2) is 9.50 Å². The average molecular weight is 327 g/mol. The highest BCUT2D eigenvalue weighted by Crippen LogP contribution is 2.32. The monoisotopic (exact) mass is 326 g/mol. The summed E-state index contributed by atoms with van der Waals surface area (Å²) >= 11 is 6.45. The van der Waals surface area contributed by atoms with Crippen molar-refractivity contribution in [3.63, 3.8) is 0 Å². The van der Waals surface area contributed by atoms with Crippen molar-refractivity contribution in [1.29, 1.82) is 0 Å². The van der Waals surface area contributed by atoms with Crippen molar-refractivity contribution in [2.24, 2.45) is 0 Å². The van der Waals surface area contributed by atoms with E-state index in [-0.39, 0.29) is 6.04 Å². The van der Waals surface area contributed by atoms with Crippen molar-refractivity contribution in [3.05, 3.63) is 63.6 Å². The maximum absolute atomic E-state index is 6.45. The standard InChI is InChI=1S/C18H19ClN4/c1-11-12(2)20-17-9-15(21-23(17)18(11)19)16-8-13-6-4-5-7-14(13)10-22(16)3/h4-7,9,16H,8,10H2,1-3H3. The fourth-order valence-corrected chi connectivity index (χ4v) is 3.59. The van der Waals surface area contributed by atoms with Crippen molar-refractivity contribution in [2.75, 3.05) is 7.05 Å². The van der Waals surface area contributed by atoms with Crippen molar-refractivity contribution >= 4 is 17.2 Å². The maximum atomic E-state index is 6.45. The number of fused-ring (bicyclic) bond motifs is 2. The molecule has 2 aromatic heterocycles. The summed E-state index contributed by atoms with van der Waals surface area (Å²) in [6, 6.07) is 10.9. The first-order chi connectivity index (χ1) is 11.0. The van der Waals surface area contributed by atoms with Gasteiger partial charge in [-0.3, -0.25) is 4.90 Å². The Balaban J connectivity index is 1.79. The molecular formula is C18H19ClN4. The van der Waals surface area contributed by atoms with Gasteiger partial charge in [0.05, 0.1) is 11.7 Å². The predicted octanol–water partition coefficient (Wildman–Crippen LogP) is 3.73. The van der Waals surface area contributed by atoms with Crippen LogP contribution in [0, 0.1) is 13.8 Å². The van der Waals surface area contributed by atoms with E-state index in [0.717, 1.165) is 35.6 Å². The second kappa shape index (κ2) is 5.32. The molecule has 0 spiro atoms. The molecule has 3 heterocycles. The summed E-state index contributed by atoms with van der Waals surface area (Å²) in [5.41, 5.74) is 6.59. The van der Waals surface area contributed by atoms with Gasteiger partial charge in [0.1, 0.15) is 5.15 Å². The number of likely N-dealkylation sites (N-methyl/N-ethyl adjacent to an activating group) is 1. The molecule has 1 atom stereocenters. The van der Waals surface area contributed by atoms with Gasteiger partial charge in [-0.05, 0) is 38.4 Å². The third kappa shape index (κ3) is 2.33. The summed E-state index contributed by atoms with van der Waals surface area (Å²) in [4.78, 5) is 6.96. The lowest BCUT2D eigenvalue weighted by molar-refractivity contribution is 0.213. The molecule has 0 bridgehead atoms. The van der Waals surface area contributed by atoms with Gasteiger partial charge in [0.25, 0.3) is 0 Å². The summed E-state index contributed by atoms with van der Waals surface area (Å²) in [7, 11) is 2.15. The molecule has 3 aromatic rings. The topological polar surface area (TPSA) is 33.4 Å². The van der Waals surface area contributed by atoms with Crippen molar-refractivity contribution in [1.82, 2.24) is 19.5 Å². The van der Waals surface area contributed by atoms with Crippen LogP contribution in [-0.4, -0.2) is 26.5 Å². The van der Waals surface area contributed by atoms with Gasteiger partial charge in [0.2, 0.25) is 0 Å². The van der Waals surface area contributed by atoms with E-state index in [0.29, 0.717) is 5.15 Å². The Kier molecular flexibility index (Phi) is 3.39. The summed E-state index contributed by atoms with van der Waals surface area (Å²) in [6.45, 7) is 4.90. The third-order valence-corrected chi connectivity index (χ3v) is 5.30. The van der Waals surface area contributed by atoms with Crippen molar-refractivity contribution in [2.45, 2.75) is 32.9 Å². The van der Waals surface area contributed by atoms with Gasteiger partial charge in [-0.2, -0.15) is 5.10 Å². The lowest BCUT2D eigenvalue weighted by atomic mass is 9.93. The highest BCUT2D eigenvalue weighted by molar-refractivity contribution is 6.30. The van der Waals surface area contributed by atoms with E-state index in [1.807, 2.05) is 13.8 Å². The Morgan fingerprint density at radius 3 is 2.70 bits per heavy atom. The van der Waals surface area contributed by atoms with Crippen LogP contribution in [0.25, 0.3) is 5.65 Å². The minimum absolute atomic E-state index is 0.253. The zero-order valence-corrected chi connectivity index (χ0v) is 14.3. The van der Waals surface area contributed by atoms with Gasteiger partial charge >= 0.3 is 0 Å². The van der Waals surface area contributed by atoms with Crippen LogP contribution >= 0.6 is 11.6 Å². The summed E-state index contributed by atoms with van der Waals surface area (Å²) in [5, 5.41) is 5.39. The smallest absolute Gasteiger partial charge is 0.157 e. The zero-order valence-electron chi connectivity index (χ0n) is 13.5.